The lowest BCUT2D eigenvalue weighted by Crippen LogP contribution is -2.57. The van der Waals surface area contributed by atoms with Crippen LogP contribution in [0.3, 0.4) is 0 Å². The van der Waals surface area contributed by atoms with Crippen molar-refractivity contribution in [1.82, 2.24) is 14.5 Å². The summed E-state index contributed by atoms with van der Waals surface area (Å²) in [5, 5.41) is -0.283. The molecule has 3 N–H and O–H groups in total. The van der Waals surface area contributed by atoms with E-state index in [1.807, 2.05) is 0 Å². The Morgan fingerprint density at radius 3 is 2.55 bits per heavy atom. The third-order valence-corrected chi connectivity index (χ3v) is 7.77. The molecule has 10 nitrogen and oxygen atoms in total. The van der Waals surface area contributed by atoms with Gasteiger partial charge in [0, 0.05) is 59.3 Å². The van der Waals surface area contributed by atoms with E-state index < -0.39 is 32.7 Å². The summed E-state index contributed by atoms with van der Waals surface area (Å²) in [5.41, 5.74) is 5.70. The minimum absolute atomic E-state index is 0.0117. The molecule has 13 heteroatoms. The van der Waals surface area contributed by atoms with Crippen LogP contribution in [0.5, 0.6) is 0 Å². The average molecular weight is 506 g/mol. The fourth-order valence-corrected chi connectivity index (χ4v) is 5.75. The first-order valence-electron chi connectivity index (χ1n) is 10.7. The summed E-state index contributed by atoms with van der Waals surface area (Å²) in [6, 6.07) is 0.553. The fourth-order valence-electron chi connectivity index (χ4n) is 3.93. The number of anilines is 1. The van der Waals surface area contributed by atoms with Crippen molar-refractivity contribution < 1.29 is 27.1 Å². The highest BCUT2D eigenvalue weighted by molar-refractivity contribution is 7.89. The molecule has 2 saturated heterocycles. The van der Waals surface area contributed by atoms with Crippen LogP contribution < -0.4 is 15.4 Å². The van der Waals surface area contributed by atoms with E-state index in [1.54, 1.807) is 12.0 Å². The quantitative estimate of drug-likeness (QED) is 0.484. The van der Waals surface area contributed by atoms with Gasteiger partial charge in [-0.2, -0.15) is 4.72 Å². The number of methoxy groups -OCH3 is 1. The van der Waals surface area contributed by atoms with Crippen molar-refractivity contribution in [2.75, 3.05) is 64.4 Å². The molecule has 1 aromatic carbocycles. The largest absolute Gasteiger partial charge is 0.383 e. The van der Waals surface area contributed by atoms with Gasteiger partial charge < -0.3 is 20.3 Å². The van der Waals surface area contributed by atoms with Crippen molar-refractivity contribution in [3.63, 3.8) is 0 Å². The van der Waals surface area contributed by atoms with E-state index in [1.165, 1.54) is 4.90 Å². The van der Waals surface area contributed by atoms with Crippen molar-refractivity contribution in [3.8, 4) is 0 Å². The van der Waals surface area contributed by atoms with Gasteiger partial charge >= 0.3 is 0 Å². The molecule has 0 bridgehead atoms. The van der Waals surface area contributed by atoms with Gasteiger partial charge in [0.2, 0.25) is 21.8 Å². The Morgan fingerprint density at radius 1 is 1.27 bits per heavy atom. The third kappa shape index (κ3) is 6.00. The Hall–Kier alpha value is -1.83. The molecule has 2 fully saturated rings. The number of nitrogens with zero attached hydrogens (tertiary/aromatic N) is 3. The van der Waals surface area contributed by atoms with Gasteiger partial charge in [-0.3, -0.25) is 14.5 Å². The molecule has 3 rings (SSSR count). The number of hydrogen-bond acceptors (Lipinski definition) is 7. The number of ether oxygens (including phenoxy) is 1. The highest BCUT2D eigenvalue weighted by Crippen LogP contribution is 2.35. The number of nitrogens with two attached hydrogens (primary N) is 1. The highest BCUT2D eigenvalue weighted by atomic mass is 35.5. The standard InChI is InChI=1S/C20H29ClFN5O5S/c1-32-10-9-25-5-7-26(8-6-25)20(29)15(13-23)24-33(30,31)17-12-14(22)11-16(19(17)21)27-4-2-3-18(27)28/h11-12,15,24H,2-10,13,23H2,1H3/t15-/m0/s1. The molecule has 1 atom stereocenters. The molecule has 0 spiro atoms. The number of halogens is 2. The summed E-state index contributed by atoms with van der Waals surface area (Å²) in [4.78, 5) is 29.4. The number of hydrogen-bond donors (Lipinski definition) is 2. The van der Waals surface area contributed by atoms with Gasteiger partial charge in [-0.1, -0.05) is 11.6 Å². The predicted molar refractivity (Wildman–Crippen MR) is 121 cm³/mol. The lowest BCUT2D eigenvalue weighted by Gasteiger charge is -2.36. The fraction of sp³-hybridized carbons (Fsp3) is 0.600. The molecule has 2 aliphatic rings. The van der Waals surface area contributed by atoms with E-state index in [0.717, 1.165) is 18.7 Å². The van der Waals surface area contributed by atoms with Gasteiger partial charge in [0.05, 0.1) is 17.3 Å². The van der Waals surface area contributed by atoms with Gasteiger partial charge in [-0.25, -0.2) is 12.8 Å². The van der Waals surface area contributed by atoms with Crippen LogP contribution in [0.15, 0.2) is 17.0 Å². The van der Waals surface area contributed by atoms with Gasteiger partial charge in [-0.05, 0) is 18.6 Å². The van der Waals surface area contributed by atoms with Crippen molar-refractivity contribution in [3.05, 3.63) is 23.0 Å². The monoisotopic (exact) mass is 505 g/mol. The summed E-state index contributed by atoms with van der Waals surface area (Å²) >= 11 is 6.30. The number of carbonyl (C=O) groups excluding carboxylic acids is 2. The van der Waals surface area contributed by atoms with Gasteiger partial charge in [0.25, 0.3) is 0 Å². The molecular formula is C20H29ClFN5O5S. The normalized spacial score (nSPS) is 18.7. The Kier molecular flexibility index (Phi) is 8.65. The van der Waals surface area contributed by atoms with Crippen LogP contribution in [0, 0.1) is 5.82 Å². The lowest BCUT2D eigenvalue weighted by molar-refractivity contribution is -0.134. The number of piperazine rings is 1. The first-order chi connectivity index (χ1) is 15.7. The molecule has 0 aliphatic carbocycles. The predicted octanol–water partition coefficient (Wildman–Crippen LogP) is 0.00210. The number of rotatable bonds is 9. The second-order valence-electron chi connectivity index (χ2n) is 7.96. The number of nitrogens with one attached hydrogen (secondary N) is 1. The van der Waals surface area contributed by atoms with Gasteiger partial charge in [0.15, 0.2) is 0 Å². The minimum atomic E-state index is -4.42. The molecular weight excluding hydrogens is 477 g/mol. The van der Waals surface area contributed by atoms with Crippen LogP contribution >= 0.6 is 11.6 Å². The number of amides is 2. The second kappa shape index (κ2) is 11.1. The van der Waals surface area contributed by atoms with Crippen LogP contribution in [0.4, 0.5) is 10.1 Å². The lowest BCUT2D eigenvalue weighted by atomic mass is 10.2. The van der Waals surface area contributed by atoms with Crippen LogP contribution in [0.25, 0.3) is 0 Å². The molecule has 0 aromatic heterocycles. The molecule has 0 unspecified atom stereocenters. The zero-order valence-electron chi connectivity index (χ0n) is 18.4. The van der Waals surface area contributed by atoms with Crippen LogP contribution in [-0.4, -0.2) is 95.6 Å². The maximum Gasteiger partial charge on any atom is 0.243 e. The molecule has 1 aromatic rings. The zero-order chi connectivity index (χ0) is 24.2. The van der Waals surface area contributed by atoms with Crippen molar-refractivity contribution in [2.24, 2.45) is 5.73 Å². The summed E-state index contributed by atoms with van der Waals surface area (Å²) < 4.78 is 47.8. The molecule has 0 saturated carbocycles. The van der Waals surface area contributed by atoms with E-state index in [-0.39, 0.29) is 29.6 Å². The molecule has 2 aliphatic heterocycles. The van der Waals surface area contributed by atoms with E-state index in [0.29, 0.717) is 45.8 Å². The summed E-state index contributed by atoms with van der Waals surface area (Å²) in [6.07, 6.45) is 0.837. The summed E-state index contributed by atoms with van der Waals surface area (Å²) in [6.45, 7) is 3.45. The zero-order valence-corrected chi connectivity index (χ0v) is 20.0. The smallest absolute Gasteiger partial charge is 0.243 e. The molecule has 2 heterocycles. The topological polar surface area (TPSA) is 125 Å². The molecule has 2 amide bonds. The van der Waals surface area contributed by atoms with E-state index >= 15 is 0 Å². The first kappa shape index (κ1) is 25.8. The second-order valence-corrected chi connectivity index (χ2v) is 10.0. The Balaban J connectivity index is 1.75. The summed E-state index contributed by atoms with van der Waals surface area (Å²) in [5.74, 6) is -1.59. The van der Waals surface area contributed by atoms with Crippen molar-refractivity contribution >= 4 is 39.1 Å². The number of sulfonamides is 1. The third-order valence-electron chi connectivity index (χ3n) is 5.77. The highest BCUT2D eigenvalue weighted by Gasteiger charge is 2.33. The number of carbonyl (C=O) groups is 2. The first-order valence-corrected chi connectivity index (χ1v) is 12.6. The van der Waals surface area contributed by atoms with Gasteiger partial charge in [-0.15, -0.1) is 0 Å². The van der Waals surface area contributed by atoms with E-state index in [2.05, 4.69) is 9.62 Å². The van der Waals surface area contributed by atoms with Crippen molar-refractivity contribution in [2.45, 2.75) is 23.8 Å². The maximum atomic E-state index is 14.3. The van der Waals surface area contributed by atoms with E-state index in [9.17, 15) is 22.4 Å². The van der Waals surface area contributed by atoms with Crippen molar-refractivity contribution in [1.29, 1.82) is 0 Å². The van der Waals surface area contributed by atoms with Gasteiger partial charge in [0.1, 0.15) is 16.8 Å². The minimum Gasteiger partial charge on any atom is -0.383 e. The molecule has 33 heavy (non-hydrogen) atoms. The maximum absolute atomic E-state index is 14.3. The summed E-state index contributed by atoms with van der Waals surface area (Å²) in [7, 11) is -2.80. The Bertz CT molecular complexity index is 987. The average Bonchev–Trinajstić information content (AvgIpc) is 3.22. The van der Waals surface area contributed by atoms with Crippen LogP contribution in [-0.2, 0) is 24.3 Å². The van der Waals surface area contributed by atoms with Crippen LogP contribution in [0.2, 0.25) is 5.02 Å². The van der Waals surface area contributed by atoms with E-state index in [4.69, 9.17) is 22.1 Å². The van der Waals surface area contributed by atoms with Crippen LogP contribution in [0.1, 0.15) is 12.8 Å². The molecule has 184 valence electrons. The SMILES string of the molecule is COCCN1CCN(C(=O)[C@H](CN)NS(=O)(=O)c2cc(F)cc(N3CCCC3=O)c2Cl)CC1. The number of benzene rings is 1. The molecule has 0 radical (unpaired) electrons. The Morgan fingerprint density at radius 2 is 1.97 bits per heavy atom. The Labute approximate surface area is 197 Å².